The van der Waals surface area contributed by atoms with Crippen molar-refractivity contribution in [1.29, 1.82) is 0 Å². The molecule has 25 heavy (non-hydrogen) atoms. The Kier molecular flexibility index (Phi) is 4.72. The number of thiocarbonyl (C=S) groups is 1. The average molecular weight is 360 g/mol. The average Bonchev–Trinajstić information content (AvgIpc) is 3.20. The number of nitrogens with one attached hydrogen (secondary N) is 2. The number of hydrogen-bond acceptors (Lipinski definition) is 5. The highest BCUT2D eigenvalue weighted by molar-refractivity contribution is 7.80. The summed E-state index contributed by atoms with van der Waals surface area (Å²) in [6, 6.07) is 2.95. The van der Waals surface area contributed by atoms with Crippen LogP contribution < -0.4 is 10.2 Å². The maximum Gasteiger partial charge on any atom is 0.169 e. The zero-order chi connectivity index (χ0) is 17.2. The van der Waals surface area contributed by atoms with Crippen LogP contribution in [0.5, 0.6) is 0 Å². The number of piperazine rings is 1. The van der Waals surface area contributed by atoms with Crippen molar-refractivity contribution in [3.8, 4) is 0 Å². The summed E-state index contributed by atoms with van der Waals surface area (Å²) >= 11 is 5.66. The first kappa shape index (κ1) is 16.5. The first-order valence-corrected chi connectivity index (χ1v) is 9.27. The molecule has 2 unspecified atom stereocenters. The van der Waals surface area contributed by atoms with E-state index >= 15 is 0 Å². The summed E-state index contributed by atoms with van der Waals surface area (Å²) in [5.74, 6) is 1.03. The van der Waals surface area contributed by atoms with Crippen LogP contribution >= 0.6 is 12.2 Å². The molecule has 2 atom stereocenters. The second-order valence-electron chi connectivity index (χ2n) is 6.71. The molecule has 2 saturated heterocycles. The van der Waals surface area contributed by atoms with Crippen LogP contribution in [0.25, 0.3) is 11.0 Å². The molecular formula is C17H24N6OS. The fourth-order valence-corrected chi connectivity index (χ4v) is 4.42. The molecule has 0 aromatic carbocycles. The fraction of sp³-hybridized carbons (Fsp3) is 0.588. The van der Waals surface area contributed by atoms with Gasteiger partial charge in [-0.25, -0.2) is 9.97 Å². The molecule has 4 heterocycles. The van der Waals surface area contributed by atoms with Gasteiger partial charge in [-0.2, -0.15) is 0 Å². The molecule has 0 saturated carbocycles. The molecule has 2 fully saturated rings. The van der Waals surface area contributed by atoms with Crippen molar-refractivity contribution in [2.75, 3.05) is 38.3 Å². The fourth-order valence-electron chi connectivity index (χ4n) is 4.02. The van der Waals surface area contributed by atoms with Crippen LogP contribution in [0.15, 0.2) is 18.6 Å². The number of ether oxygens (including phenoxy) is 1. The van der Waals surface area contributed by atoms with Gasteiger partial charge in [0.05, 0.1) is 5.39 Å². The normalized spacial score (nSPS) is 22.6. The second-order valence-corrected chi connectivity index (χ2v) is 7.10. The molecule has 0 radical (unpaired) electrons. The molecule has 2 aliphatic rings. The Morgan fingerprint density at radius 3 is 2.92 bits per heavy atom. The largest absolute Gasteiger partial charge is 0.385 e. The smallest absolute Gasteiger partial charge is 0.169 e. The third kappa shape index (κ3) is 3.16. The van der Waals surface area contributed by atoms with Crippen LogP contribution in [-0.4, -0.2) is 70.4 Å². The van der Waals surface area contributed by atoms with E-state index in [2.05, 4.69) is 36.1 Å². The summed E-state index contributed by atoms with van der Waals surface area (Å²) in [6.07, 6.45) is 6.90. The van der Waals surface area contributed by atoms with Gasteiger partial charge in [-0.15, -0.1) is 0 Å². The molecule has 2 N–H and O–H groups in total. The van der Waals surface area contributed by atoms with E-state index in [0.29, 0.717) is 12.1 Å². The van der Waals surface area contributed by atoms with Crippen molar-refractivity contribution in [2.45, 2.75) is 31.3 Å². The molecule has 2 bridgehead atoms. The van der Waals surface area contributed by atoms with Gasteiger partial charge >= 0.3 is 0 Å². The Hall–Kier alpha value is -1.93. The number of anilines is 1. The summed E-state index contributed by atoms with van der Waals surface area (Å²) in [5.41, 5.74) is 0.898. The lowest BCUT2D eigenvalue weighted by atomic mass is 10.2. The highest BCUT2D eigenvalue weighted by atomic mass is 32.1. The lowest BCUT2D eigenvalue weighted by Gasteiger charge is -2.43. The molecular weight excluding hydrogens is 336 g/mol. The van der Waals surface area contributed by atoms with Crippen LogP contribution in [0.3, 0.4) is 0 Å². The van der Waals surface area contributed by atoms with E-state index in [1.54, 1.807) is 13.4 Å². The summed E-state index contributed by atoms with van der Waals surface area (Å²) in [6.45, 7) is 3.53. The molecule has 4 rings (SSSR count). The SMILES string of the molecule is COCCCNC(=S)N1C2CCC1CN(c1ncnc3[nH]ccc13)C2. The van der Waals surface area contributed by atoms with Crippen molar-refractivity contribution < 1.29 is 4.74 Å². The molecule has 7 nitrogen and oxygen atoms in total. The minimum Gasteiger partial charge on any atom is -0.385 e. The zero-order valence-corrected chi connectivity index (χ0v) is 15.3. The highest BCUT2D eigenvalue weighted by Gasteiger charge is 2.41. The van der Waals surface area contributed by atoms with Gasteiger partial charge in [-0.05, 0) is 37.5 Å². The van der Waals surface area contributed by atoms with E-state index in [9.17, 15) is 0 Å². The molecule has 0 amide bonds. The Bertz CT molecular complexity index is 736. The Labute approximate surface area is 152 Å². The minimum atomic E-state index is 0.449. The first-order chi connectivity index (χ1) is 12.3. The van der Waals surface area contributed by atoms with Crippen molar-refractivity contribution in [2.24, 2.45) is 0 Å². The van der Waals surface area contributed by atoms with Gasteiger partial charge in [0.2, 0.25) is 0 Å². The first-order valence-electron chi connectivity index (χ1n) is 8.86. The van der Waals surface area contributed by atoms with Crippen LogP contribution in [0.1, 0.15) is 19.3 Å². The Balaban J connectivity index is 1.45. The highest BCUT2D eigenvalue weighted by Crippen LogP contribution is 2.34. The number of aromatic nitrogens is 3. The van der Waals surface area contributed by atoms with Gasteiger partial charge in [0, 0.05) is 51.6 Å². The van der Waals surface area contributed by atoms with Crippen molar-refractivity contribution in [3.63, 3.8) is 0 Å². The molecule has 134 valence electrons. The van der Waals surface area contributed by atoms with Gasteiger partial charge in [0.15, 0.2) is 5.11 Å². The summed E-state index contributed by atoms with van der Waals surface area (Å²) in [4.78, 5) is 16.8. The zero-order valence-electron chi connectivity index (χ0n) is 14.4. The van der Waals surface area contributed by atoms with Gasteiger partial charge in [-0.1, -0.05) is 0 Å². The monoisotopic (exact) mass is 360 g/mol. The molecule has 2 aliphatic heterocycles. The lowest BCUT2D eigenvalue weighted by molar-refractivity contribution is 0.195. The Morgan fingerprint density at radius 1 is 1.36 bits per heavy atom. The summed E-state index contributed by atoms with van der Waals surface area (Å²) < 4.78 is 5.10. The second kappa shape index (κ2) is 7.13. The topological polar surface area (TPSA) is 69.3 Å². The number of rotatable bonds is 5. The number of fused-ring (bicyclic) bond motifs is 3. The standard InChI is InChI=1S/C17H24N6OS/c1-24-8-2-6-19-17(25)23-12-3-4-13(23)10-22(9-12)16-14-5-7-18-15(14)20-11-21-16/h5,7,11-13H,2-4,6,8-10H2,1H3,(H,19,25)(H,18,20,21). The predicted octanol–water partition coefficient (Wildman–Crippen LogP) is 1.52. The van der Waals surface area contributed by atoms with Gasteiger partial charge in [0.25, 0.3) is 0 Å². The third-order valence-corrected chi connectivity index (χ3v) is 5.51. The lowest BCUT2D eigenvalue weighted by Crippen LogP contribution is -2.58. The molecule has 8 heteroatoms. The number of nitrogens with zero attached hydrogens (tertiary/aromatic N) is 4. The Morgan fingerprint density at radius 2 is 2.16 bits per heavy atom. The van der Waals surface area contributed by atoms with E-state index in [-0.39, 0.29) is 0 Å². The third-order valence-electron chi connectivity index (χ3n) is 5.15. The number of aromatic amines is 1. The van der Waals surface area contributed by atoms with Crippen LogP contribution in [0, 0.1) is 0 Å². The van der Waals surface area contributed by atoms with E-state index in [4.69, 9.17) is 17.0 Å². The minimum absolute atomic E-state index is 0.449. The quantitative estimate of drug-likeness (QED) is 0.619. The molecule has 2 aromatic rings. The number of H-pyrrole nitrogens is 1. The maximum absolute atomic E-state index is 5.66. The van der Waals surface area contributed by atoms with Crippen molar-refractivity contribution >= 4 is 34.2 Å². The van der Waals surface area contributed by atoms with E-state index in [0.717, 1.165) is 54.6 Å². The van der Waals surface area contributed by atoms with E-state index in [1.807, 2.05) is 6.20 Å². The summed E-state index contributed by atoms with van der Waals surface area (Å²) in [7, 11) is 1.73. The van der Waals surface area contributed by atoms with Gasteiger partial charge in [0.1, 0.15) is 17.8 Å². The predicted molar refractivity (Wildman–Crippen MR) is 102 cm³/mol. The van der Waals surface area contributed by atoms with Crippen LogP contribution in [-0.2, 0) is 4.74 Å². The van der Waals surface area contributed by atoms with Crippen molar-refractivity contribution in [3.05, 3.63) is 18.6 Å². The van der Waals surface area contributed by atoms with Crippen molar-refractivity contribution in [1.82, 2.24) is 25.2 Å². The maximum atomic E-state index is 5.66. The summed E-state index contributed by atoms with van der Waals surface area (Å²) in [5, 5.41) is 5.38. The molecule has 0 spiro atoms. The van der Waals surface area contributed by atoms with Crippen LogP contribution in [0.2, 0.25) is 0 Å². The van der Waals surface area contributed by atoms with E-state index in [1.165, 1.54) is 12.8 Å². The molecule has 0 aliphatic carbocycles. The van der Waals surface area contributed by atoms with E-state index < -0.39 is 0 Å². The number of methoxy groups -OCH3 is 1. The van der Waals surface area contributed by atoms with Gasteiger partial charge < -0.3 is 24.8 Å². The molecule has 2 aromatic heterocycles. The number of hydrogen-bond donors (Lipinski definition) is 2. The van der Waals surface area contributed by atoms with Gasteiger partial charge in [-0.3, -0.25) is 0 Å². The van der Waals surface area contributed by atoms with Crippen LogP contribution in [0.4, 0.5) is 5.82 Å².